The number of aromatic nitrogens is 3. The van der Waals surface area contributed by atoms with E-state index in [1.165, 1.54) is 0 Å². The van der Waals surface area contributed by atoms with E-state index in [2.05, 4.69) is 10.3 Å². The molecule has 1 aromatic heterocycles. The lowest BCUT2D eigenvalue weighted by Crippen LogP contribution is -2.12. The maximum absolute atomic E-state index is 5.63. The summed E-state index contributed by atoms with van der Waals surface area (Å²) in [5, 5.41) is 7.59. The van der Waals surface area contributed by atoms with Crippen molar-refractivity contribution in [2.45, 2.75) is 26.4 Å². The van der Waals surface area contributed by atoms with Crippen LogP contribution in [0.5, 0.6) is 0 Å². The molecule has 0 aliphatic carbocycles. The van der Waals surface area contributed by atoms with E-state index >= 15 is 0 Å². The lowest BCUT2D eigenvalue weighted by molar-refractivity contribution is 0.573. The van der Waals surface area contributed by atoms with Crippen molar-refractivity contribution in [1.29, 1.82) is 0 Å². The van der Waals surface area contributed by atoms with Crippen LogP contribution in [0.3, 0.4) is 0 Å². The van der Waals surface area contributed by atoms with Gasteiger partial charge in [0.2, 0.25) is 0 Å². The van der Waals surface area contributed by atoms with Crippen molar-refractivity contribution in [3.8, 4) is 0 Å². The molecule has 1 heterocycles. The van der Waals surface area contributed by atoms with Gasteiger partial charge in [0.15, 0.2) is 0 Å². The lowest BCUT2D eigenvalue weighted by atomic mass is 10.3. The highest BCUT2D eigenvalue weighted by atomic mass is 15.4. The zero-order chi connectivity index (χ0) is 7.56. The summed E-state index contributed by atoms with van der Waals surface area (Å²) < 4.78 is 1.80. The predicted molar refractivity (Wildman–Crippen MR) is 38.3 cm³/mol. The van der Waals surface area contributed by atoms with E-state index in [1.54, 1.807) is 10.9 Å². The fourth-order valence-corrected chi connectivity index (χ4v) is 0.864. The van der Waals surface area contributed by atoms with Crippen LogP contribution in [0, 0.1) is 0 Å². The van der Waals surface area contributed by atoms with E-state index in [4.69, 9.17) is 5.73 Å². The van der Waals surface area contributed by atoms with Gasteiger partial charge in [-0.05, 0) is 13.8 Å². The number of hydrogen-bond donors (Lipinski definition) is 1. The van der Waals surface area contributed by atoms with Crippen molar-refractivity contribution in [2.24, 2.45) is 5.73 Å². The molecule has 0 fully saturated rings. The summed E-state index contributed by atoms with van der Waals surface area (Å²) in [6, 6.07) is 0.0231. The zero-order valence-corrected chi connectivity index (χ0v) is 6.28. The molecule has 0 saturated carbocycles. The Bertz CT molecular complexity index is 203. The first-order chi connectivity index (χ1) is 4.75. The van der Waals surface area contributed by atoms with Crippen LogP contribution < -0.4 is 5.73 Å². The summed E-state index contributed by atoms with van der Waals surface area (Å²) in [5.41, 5.74) is 6.62. The number of nitrogens with zero attached hydrogens (tertiary/aromatic N) is 3. The standard InChI is InChI=1S/C6H12N4/c1-3-10-6(5(2)7)4-8-9-10/h4-5H,3,7H2,1-2H3. The van der Waals surface area contributed by atoms with Crippen molar-refractivity contribution in [1.82, 2.24) is 15.0 Å². The van der Waals surface area contributed by atoms with E-state index in [-0.39, 0.29) is 6.04 Å². The average Bonchev–Trinajstić information content (AvgIpc) is 2.33. The number of hydrogen-bond acceptors (Lipinski definition) is 3. The molecule has 0 spiro atoms. The second kappa shape index (κ2) is 2.79. The molecule has 0 radical (unpaired) electrons. The Morgan fingerprint density at radius 1 is 1.80 bits per heavy atom. The van der Waals surface area contributed by atoms with Crippen molar-refractivity contribution < 1.29 is 0 Å². The van der Waals surface area contributed by atoms with Gasteiger partial charge in [0.25, 0.3) is 0 Å². The fourth-order valence-electron chi connectivity index (χ4n) is 0.864. The highest BCUT2D eigenvalue weighted by molar-refractivity contribution is 4.98. The molecule has 2 N–H and O–H groups in total. The molecule has 1 unspecified atom stereocenters. The molecule has 0 amide bonds. The first-order valence-corrected chi connectivity index (χ1v) is 3.39. The molecular weight excluding hydrogens is 128 g/mol. The van der Waals surface area contributed by atoms with Gasteiger partial charge in [-0.1, -0.05) is 5.21 Å². The van der Waals surface area contributed by atoms with Gasteiger partial charge in [-0.2, -0.15) is 0 Å². The third-order valence-electron chi connectivity index (χ3n) is 1.41. The Morgan fingerprint density at radius 2 is 2.50 bits per heavy atom. The second-order valence-electron chi connectivity index (χ2n) is 2.26. The largest absolute Gasteiger partial charge is 0.323 e. The molecule has 1 aromatic rings. The molecule has 0 aromatic carbocycles. The Balaban J connectivity index is 2.90. The van der Waals surface area contributed by atoms with Crippen molar-refractivity contribution in [3.05, 3.63) is 11.9 Å². The summed E-state index contributed by atoms with van der Waals surface area (Å²) in [6.45, 7) is 4.77. The molecule has 56 valence electrons. The molecular formula is C6H12N4. The highest BCUT2D eigenvalue weighted by Crippen LogP contribution is 2.05. The predicted octanol–water partition coefficient (Wildman–Crippen LogP) is 0.318. The summed E-state index contributed by atoms with van der Waals surface area (Å²) in [5.74, 6) is 0. The Kier molecular flexibility index (Phi) is 2.01. The minimum absolute atomic E-state index is 0.0231. The third-order valence-corrected chi connectivity index (χ3v) is 1.41. The SMILES string of the molecule is CCn1nncc1C(C)N. The van der Waals surface area contributed by atoms with Crippen molar-refractivity contribution >= 4 is 0 Å². The normalized spacial score (nSPS) is 13.5. The quantitative estimate of drug-likeness (QED) is 0.643. The van der Waals surface area contributed by atoms with Gasteiger partial charge in [0.1, 0.15) is 0 Å². The number of rotatable bonds is 2. The van der Waals surface area contributed by atoms with Crippen LogP contribution in [0.1, 0.15) is 25.6 Å². The van der Waals surface area contributed by atoms with E-state index < -0.39 is 0 Å². The van der Waals surface area contributed by atoms with E-state index in [0.717, 1.165) is 12.2 Å². The average molecular weight is 140 g/mol. The minimum atomic E-state index is 0.0231. The van der Waals surface area contributed by atoms with Gasteiger partial charge >= 0.3 is 0 Å². The topological polar surface area (TPSA) is 56.7 Å². The minimum Gasteiger partial charge on any atom is -0.323 e. The Morgan fingerprint density at radius 3 is 2.90 bits per heavy atom. The first-order valence-electron chi connectivity index (χ1n) is 3.39. The van der Waals surface area contributed by atoms with E-state index in [9.17, 15) is 0 Å². The van der Waals surface area contributed by atoms with Crippen LogP contribution in [-0.2, 0) is 6.54 Å². The number of nitrogens with two attached hydrogens (primary N) is 1. The number of aryl methyl sites for hydroxylation is 1. The van der Waals surface area contributed by atoms with Gasteiger partial charge in [-0.3, -0.25) is 0 Å². The van der Waals surface area contributed by atoms with Gasteiger partial charge < -0.3 is 5.73 Å². The van der Waals surface area contributed by atoms with Crippen LogP contribution >= 0.6 is 0 Å². The van der Waals surface area contributed by atoms with E-state index in [0.29, 0.717) is 0 Å². The maximum Gasteiger partial charge on any atom is 0.0751 e. The van der Waals surface area contributed by atoms with Gasteiger partial charge in [0, 0.05) is 12.6 Å². The zero-order valence-electron chi connectivity index (χ0n) is 6.28. The van der Waals surface area contributed by atoms with Crippen LogP contribution in [-0.4, -0.2) is 15.0 Å². The lowest BCUT2D eigenvalue weighted by Gasteiger charge is -2.04. The molecule has 4 nitrogen and oxygen atoms in total. The Hall–Kier alpha value is -0.900. The summed E-state index contributed by atoms with van der Waals surface area (Å²) in [6.07, 6.45) is 1.70. The molecule has 1 atom stereocenters. The Labute approximate surface area is 60.0 Å². The third kappa shape index (κ3) is 1.16. The van der Waals surface area contributed by atoms with E-state index in [1.807, 2.05) is 13.8 Å². The molecule has 0 saturated heterocycles. The van der Waals surface area contributed by atoms with Crippen LogP contribution in [0.4, 0.5) is 0 Å². The van der Waals surface area contributed by atoms with Crippen molar-refractivity contribution in [3.63, 3.8) is 0 Å². The molecule has 1 rings (SSSR count). The first kappa shape index (κ1) is 7.21. The molecule has 4 heteroatoms. The second-order valence-corrected chi connectivity index (χ2v) is 2.26. The summed E-state index contributed by atoms with van der Waals surface area (Å²) in [7, 11) is 0. The van der Waals surface area contributed by atoms with Crippen LogP contribution in [0.25, 0.3) is 0 Å². The van der Waals surface area contributed by atoms with Crippen molar-refractivity contribution in [2.75, 3.05) is 0 Å². The smallest absolute Gasteiger partial charge is 0.0751 e. The molecule has 0 bridgehead atoms. The highest BCUT2D eigenvalue weighted by Gasteiger charge is 2.04. The molecule has 0 aliphatic rings. The maximum atomic E-state index is 5.63. The van der Waals surface area contributed by atoms with Gasteiger partial charge in [-0.15, -0.1) is 5.10 Å². The monoisotopic (exact) mass is 140 g/mol. The van der Waals surface area contributed by atoms with Gasteiger partial charge in [0.05, 0.1) is 11.9 Å². The van der Waals surface area contributed by atoms with Crippen LogP contribution in [0.2, 0.25) is 0 Å². The molecule has 0 aliphatic heterocycles. The van der Waals surface area contributed by atoms with Gasteiger partial charge in [-0.25, -0.2) is 4.68 Å². The van der Waals surface area contributed by atoms with Crippen LogP contribution in [0.15, 0.2) is 6.20 Å². The summed E-state index contributed by atoms with van der Waals surface area (Å²) in [4.78, 5) is 0. The summed E-state index contributed by atoms with van der Waals surface area (Å²) >= 11 is 0. The molecule has 10 heavy (non-hydrogen) atoms. The fraction of sp³-hybridized carbons (Fsp3) is 0.667.